The molecule has 3 aromatic rings. The fraction of sp³-hybridized carbons (Fsp3) is 0.435. The summed E-state index contributed by atoms with van der Waals surface area (Å²) in [7, 11) is 0. The third kappa shape index (κ3) is 4.95. The number of hydrogen-bond acceptors (Lipinski definition) is 5. The highest BCUT2D eigenvalue weighted by Gasteiger charge is 2.20. The van der Waals surface area contributed by atoms with Crippen LogP contribution in [0.3, 0.4) is 0 Å². The van der Waals surface area contributed by atoms with Gasteiger partial charge in [0.05, 0.1) is 16.4 Å². The minimum absolute atomic E-state index is 0.0813. The summed E-state index contributed by atoms with van der Waals surface area (Å²) < 4.78 is 0. The average Bonchev–Trinajstić information content (AvgIpc) is 3.02. The standard InChI is InChI=1S/C23H27N3O2S2/c1-15(21(27)24-17-11-7-2-3-8-12-17)29-14-19-25-22(28)20-18(13-30-23(20)26-19)16-9-5-4-6-10-16/h4-6,9-10,13,15,17H,2-3,7-8,11-12,14H2,1H3,(H,24,27)(H,25,26,28)/t15-/m0/s1. The molecule has 0 aliphatic heterocycles. The number of thioether (sulfide) groups is 1. The van der Waals surface area contributed by atoms with Gasteiger partial charge in [-0.15, -0.1) is 23.1 Å². The lowest BCUT2D eigenvalue weighted by atomic mass is 10.1. The Hall–Kier alpha value is -2.12. The second-order valence-corrected chi connectivity index (χ2v) is 10.0. The van der Waals surface area contributed by atoms with E-state index in [0.717, 1.165) is 28.8 Å². The smallest absolute Gasteiger partial charge is 0.260 e. The van der Waals surface area contributed by atoms with Gasteiger partial charge in [0.25, 0.3) is 5.56 Å². The number of nitrogens with zero attached hydrogens (tertiary/aromatic N) is 1. The zero-order valence-electron chi connectivity index (χ0n) is 17.1. The molecule has 2 heterocycles. The van der Waals surface area contributed by atoms with Crippen LogP contribution in [0.15, 0.2) is 40.5 Å². The van der Waals surface area contributed by atoms with Crippen LogP contribution in [-0.2, 0) is 10.5 Å². The van der Waals surface area contributed by atoms with E-state index >= 15 is 0 Å². The normalized spacial score (nSPS) is 16.3. The van der Waals surface area contributed by atoms with Crippen molar-refractivity contribution in [1.29, 1.82) is 0 Å². The summed E-state index contributed by atoms with van der Waals surface area (Å²) in [5.74, 6) is 1.20. The van der Waals surface area contributed by atoms with Crippen LogP contribution in [0, 0.1) is 0 Å². The number of nitrogens with one attached hydrogen (secondary N) is 2. The Morgan fingerprint density at radius 1 is 1.23 bits per heavy atom. The van der Waals surface area contributed by atoms with Crippen LogP contribution in [0.25, 0.3) is 21.3 Å². The molecule has 1 aromatic carbocycles. The summed E-state index contributed by atoms with van der Waals surface area (Å²) in [5, 5.41) is 5.65. The van der Waals surface area contributed by atoms with Crippen molar-refractivity contribution in [2.75, 3.05) is 0 Å². The number of H-pyrrole nitrogens is 1. The molecule has 1 aliphatic carbocycles. The van der Waals surface area contributed by atoms with Gasteiger partial charge < -0.3 is 10.3 Å². The lowest BCUT2D eigenvalue weighted by Crippen LogP contribution is -2.39. The number of amides is 1. The molecule has 1 saturated carbocycles. The summed E-state index contributed by atoms with van der Waals surface area (Å²) in [6.45, 7) is 1.92. The SMILES string of the molecule is C[C@H](SCc1nc2scc(-c3ccccc3)c2c(=O)[nH]1)C(=O)NC1CCCCCC1. The minimum atomic E-state index is -0.183. The highest BCUT2D eigenvalue weighted by molar-refractivity contribution is 7.99. The number of aromatic nitrogens is 2. The molecule has 1 fully saturated rings. The van der Waals surface area contributed by atoms with Gasteiger partial charge in [-0.2, -0.15) is 0 Å². The van der Waals surface area contributed by atoms with Crippen LogP contribution >= 0.6 is 23.1 Å². The van der Waals surface area contributed by atoms with Crippen LogP contribution in [0.5, 0.6) is 0 Å². The molecule has 0 bridgehead atoms. The van der Waals surface area contributed by atoms with E-state index in [0.29, 0.717) is 23.0 Å². The molecule has 2 N–H and O–H groups in total. The number of carbonyl (C=O) groups is 1. The minimum Gasteiger partial charge on any atom is -0.352 e. The maximum atomic E-state index is 12.8. The molecule has 7 heteroatoms. The van der Waals surface area contributed by atoms with Crippen molar-refractivity contribution < 1.29 is 4.79 Å². The number of carbonyl (C=O) groups excluding carboxylic acids is 1. The lowest BCUT2D eigenvalue weighted by Gasteiger charge is -2.19. The summed E-state index contributed by atoms with van der Waals surface area (Å²) >= 11 is 3.00. The summed E-state index contributed by atoms with van der Waals surface area (Å²) in [6.07, 6.45) is 7.10. The summed E-state index contributed by atoms with van der Waals surface area (Å²) in [5.41, 5.74) is 1.81. The van der Waals surface area contributed by atoms with Crippen molar-refractivity contribution >= 4 is 39.2 Å². The van der Waals surface area contributed by atoms with E-state index in [2.05, 4.69) is 15.3 Å². The first-order chi connectivity index (χ1) is 14.6. The van der Waals surface area contributed by atoms with Gasteiger partial charge in [-0.1, -0.05) is 56.0 Å². The predicted octanol–water partition coefficient (Wildman–Crippen LogP) is 5.11. The van der Waals surface area contributed by atoms with Crippen molar-refractivity contribution in [3.63, 3.8) is 0 Å². The number of thiophene rings is 1. The van der Waals surface area contributed by atoms with E-state index in [9.17, 15) is 9.59 Å². The largest absolute Gasteiger partial charge is 0.352 e. The van der Waals surface area contributed by atoms with E-state index in [1.165, 1.54) is 48.8 Å². The molecule has 0 unspecified atom stereocenters. The summed E-state index contributed by atoms with van der Waals surface area (Å²) in [4.78, 5) is 33.6. The van der Waals surface area contributed by atoms with Gasteiger partial charge >= 0.3 is 0 Å². The second kappa shape index (κ2) is 9.79. The zero-order valence-corrected chi connectivity index (χ0v) is 18.8. The average molecular weight is 442 g/mol. The van der Waals surface area contributed by atoms with Gasteiger partial charge in [0.15, 0.2) is 0 Å². The zero-order chi connectivity index (χ0) is 20.9. The maximum Gasteiger partial charge on any atom is 0.260 e. The number of rotatable bonds is 6. The van der Waals surface area contributed by atoms with E-state index in [1.54, 1.807) is 0 Å². The first-order valence-corrected chi connectivity index (χ1v) is 12.5. The van der Waals surface area contributed by atoms with Crippen molar-refractivity contribution in [2.24, 2.45) is 0 Å². The Morgan fingerprint density at radius 3 is 2.70 bits per heavy atom. The van der Waals surface area contributed by atoms with Gasteiger partial charge in [0.2, 0.25) is 5.91 Å². The second-order valence-electron chi connectivity index (χ2n) is 7.86. The first kappa shape index (κ1) is 21.1. The topological polar surface area (TPSA) is 74.8 Å². The van der Waals surface area contributed by atoms with E-state index in [4.69, 9.17) is 0 Å². The fourth-order valence-electron chi connectivity index (χ4n) is 3.91. The molecule has 0 saturated heterocycles. The van der Waals surface area contributed by atoms with Crippen LogP contribution in [0.2, 0.25) is 0 Å². The highest BCUT2D eigenvalue weighted by atomic mass is 32.2. The number of fused-ring (bicyclic) bond motifs is 1. The van der Waals surface area contributed by atoms with E-state index < -0.39 is 0 Å². The molecule has 30 heavy (non-hydrogen) atoms. The Morgan fingerprint density at radius 2 is 1.97 bits per heavy atom. The molecule has 1 amide bonds. The molecule has 158 valence electrons. The Bertz CT molecular complexity index is 1050. The molecular formula is C23H27N3O2S2. The van der Waals surface area contributed by atoms with Crippen LogP contribution in [-0.4, -0.2) is 27.2 Å². The van der Waals surface area contributed by atoms with Gasteiger partial charge in [-0.05, 0) is 25.3 Å². The number of benzene rings is 1. The van der Waals surface area contributed by atoms with Crippen molar-refractivity contribution in [3.05, 3.63) is 51.9 Å². The Balaban J connectivity index is 1.41. The van der Waals surface area contributed by atoms with Crippen molar-refractivity contribution in [2.45, 2.75) is 62.5 Å². The maximum absolute atomic E-state index is 12.8. The molecule has 4 rings (SSSR count). The van der Waals surface area contributed by atoms with E-state index in [1.807, 2.05) is 42.6 Å². The van der Waals surface area contributed by atoms with Crippen LogP contribution < -0.4 is 10.9 Å². The molecule has 1 aliphatic rings. The quantitative estimate of drug-likeness (QED) is 0.521. The molecule has 1 atom stereocenters. The van der Waals surface area contributed by atoms with Gasteiger partial charge in [0, 0.05) is 17.0 Å². The number of aromatic amines is 1. The molecular weight excluding hydrogens is 414 g/mol. The van der Waals surface area contributed by atoms with E-state index in [-0.39, 0.29) is 16.7 Å². The first-order valence-electron chi connectivity index (χ1n) is 10.6. The van der Waals surface area contributed by atoms with Crippen molar-refractivity contribution in [3.8, 4) is 11.1 Å². The molecule has 2 aromatic heterocycles. The van der Waals surface area contributed by atoms with Crippen LogP contribution in [0.1, 0.15) is 51.3 Å². The van der Waals surface area contributed by atoms with Crippen molar-refractivity contribution in [1.82, 2.24) is 15.3 Å². The third-order valence-electron chi connectivity index (χ3n) is 5.62. The van der Waals surface area contributed by atoms with Gasteiger partial charge in [0.1, 0.15) is 10.7 Å². The highest BCUT2D eigenvalue weighted by Crippen LogP contribution is 2.31. The lowest BCUT2D eigenvalue weighted by molar-refractivity contribution is -0.121. The van der Waals surface area contributed by atoms with Gasteiger partial charge in [-0.3, -0.25) is 9.59 Å². The van der Waals surface area contributed by atoms with Gasteiger partial charge in [-0.25, -0.2) is 4.98 Å². The Labute approximate surface area is 184 Å². The van der Waals surface area contributed by atoms with Crippen LogP contribution in [0.4, 0.5) is 0 Å². The molecule has 5 nitrogen and oxygen atoms in total. The molecule has 0 radical (unpaired) electrons. The number of hydrogen-bond donors (Lipinski definition) is 2. The summed E-state index contributed by atoms with van der Waals surface area (Å²) in [6, 6.07) is 10.2. The molecule has 0 spiro atoms. The third-order valence-corrected chi connectivity index (χ3v) is 7.65. The predicted molar refractivity (Wildman–Crippen MR) is 126 cm³/mol. The fourth-order valence-corrected chi connectivity index (χ4v) is 5.64. The Kier molecular flexibility index (Phi) is 6.89. The monoisotopic (exact) mass is 441 g/mol.